The predicted molar refractivity (Wildman–Crippen MR) is 87.2 cm³/mol. The van der Waals surface area contributed by atoms with Crippen molar-refractivity contribution < 1.29 is 4.57 Å². The maximum Gasteiger partial charge on any atom is 0.284 e. The van der Waals surface area contributed by atoms with Gasteiger partial charge < -0.3 is 0 Å². The zero-order valence-electron chi connectivity index (χ0n) is 13.2. The Morgan fingerprint density at radius 1 is 1.10 bits per heavy atom. The molecule has 1 aromatic carbocycles. The van der Waals surface area contributed by atoms with Crippen LogP contribution >= 0.6 is 7.59 Å². The summed E-state index contributed by atoms with van der Waals surface area (Å²) in [6.07, 6.45) is 4.84. The van der Waals surface area contributed by atoms with Crippen LogP contribution in [0, 0.1) is 0 Å². The first kappa shape index (κ1) is 15.2. The van der Waals surface area contributed by atoms with E-state index in [0.717, 1.165) is 12.8 Å². The van der Waals surface area contributed by atoms with Gasteiger partial charge in [0.1, 0.15) is 0 Å². The Kier molecular flexibility index (Phi) is 4.24. The Morgan fingerprint density at radius 2 is 1.62 bits per heavy atom. The minimum Gasteiger partial charge on any atom is -0.270 e. The van der Waals surface area contributed by atoms with Gasteiger partial charge in [-0.15, -0.1) is 0 Å². The molecule has 3 atom stereocenters. The zero-order valence-corrected chi connectivity index (χ0v) is 14.1. The molecule has 0 aromatic heterocycles. The molecule has 3 rings (SSSR count). The number of benzene rings is 1. The number of likely N-dealkylation sites (N-methyl/N-ethyl adjacent to an activating group) is 2. The van der Waals surface area contributed by atoms with Gasteiger partial charge in [-0.2, -0.15) is 0 Å². The van der Waals surface area contributed by atoms with Crippen LogP contribution in [0.2, 0.25) is 0 Å². The lowest BCUT2D eigenvalue weighted by atomic mass is 9.91. The summed E-state index contributed by atoms with van der Waals surface area (Å²) >= 11 is 0. The van der Waals surface area contributed by atoms with Crippen LogP contribution in [-0.4, -0.2) is 35.5 Å². The van der Waals surface area contributed by atoms with E-state index in [1.165, 1.54) is 18.4 Å². The fraction of sp³-hybridized carbons (Fsp3) is 0.625. The van der Waals surface area contributed by atoms with Crippen molar-refractivity contribution in [2.75, 3.05) is 14.1 Å². The van der Waals surface area contributed by atoms with Crippen LogP contribution in [0.5, 0.6) is 0 Å². The highest BCUT2D eigenvalue weighted by Crippen LogP contribution is 2.59. The minimum atomic E-state index is -2.66. The average Bonchev–Trinajstić information content (AvgIpc) is 2.71. The number of rotatable bonds is 3. The molecule has 2 fully saturated rings. The van der Waals surface area contributed by atoms with Crippen LogP contribution in [0.25, 0.3) is 0 Å². The molecule has 2 aliphatic rings. The van der Waals surface area contributed by atoms with Crippen LogP contribution in [0.15, 0.2) is 30.3 Å². The Morgan fingerprint density at radius 3 is 2.14 bits per heavy atom. The highest BCUT2D eigenvalue weighted by molar-refractivity contribution is 7.57. The van der Waals surface area contributed by atoms with Crippen molar-refractivity contribution in [3.05, 3.63) is 35.9 Å². The summed E-state index contributed by atoms with van der Waals surface area (Å²) in [7, 11) is 1.39. The minimum absolute atomic E-state index is 0.0853. The molecule has 1 heterocycles. The molecule has 116 valence electrons. The van der Waals surface area contributed by atoms with Gasteiger partial charge in [0.05, 0.1) is 0 Å². The third kappa shape index (κ3) is 2.59. The smallest absolute Gasteiger partial charge is 0.270 e. The van der Waals surface area contributed by atoms with E-state index in [4.69, 9.17) is 0 Å². The van der Waals surface area contributed by atoms with Gasteiger partial charge in [-0.1, -0.05) is 43.2 Å². The molecule has 3 unspecified atom stereocenters. The number of fused-ring (bicyclic) bond motifs is 1. The first-order valence-corrected chi connectivity index (χ1v) is 9.54. The molecule has 0 bridgehead atoms. The molecule has 0 amide bonds. The van der Waals surface area contributed by atoms with E-state index >= 15 is 0 Å². The van der Waals surface area contributed by atoms with E-state index in [1.807, 2.05) is 32.3 Å². The predicted octanol–water partition coefficient (Wildman–Crippen LogP) is 3.63. The molecule has 5 heteroatoms. The van der Waals surface area contributed by atoms with E-state index < -0.39 is 7.59 Å². The van der Waals surface area contributed by atoms with Crippen LogP contribution in [-0.2, 0) is 4.57 Å². The van der Waals surface area contributed by atoms with Crippen molar-refractivity contribution in [1.82, 2.24) is 14.4 Å². The molecule has 1 saturated heterocycles. The third-order valence-electron chi connectivity index (χ3n) is 5.17. The van der Waals surface area contributed by atoms with Gasteiger partial charge in [0, 0.05) is 18.1 Å². The van der Waals surface area contributed by atoms with Crippen molar-refractivity contribution in [2.24, 2.45) is 0 Å². The van der Waals surface area contributed by atoms with E-state index in [2.05, 4.69) is 33.5 Å². The first-order valence-electron chi connectivity index (χ1n) is 7.93. The van der Waals surface area contributed by atoms with Crippen molar-refractivity contribution >= 4 is 7.59 Å². The van der Waals surface area contributed by atoms with Crippen LogP contribution < -0.4 is 5.09 Å². The lowest BCUT2D eigenvalue weighted by molar-refractivity contribution is 0.233. The molecule has 1 aromatic rings. The average molecular weight is 307 g/mol. The van der Waals surface area contributed by atoms with Crippen molar-refractivity contribution in [3.8, 4) is 0 Å². The summed E-state index contributed by atoms with van der Waals surface area (Å²) in [6.45, 7) is 2.10. The van der Waals surface area contributed by atoms with E-state index in [1.54, 1.807) is 0 Å². The third-order valence-corrected chi connectivity index (χ3v) is 8.20. The number of nitrogens with one attached hydrogen (secondary N) is 1. The molecule has 0 spiro atoms. The molecule has 1 N–H and O–H groups in total. The Bertz CT molecular complexity index is 514. The quantitative estimate of drug-likeness (QED) is 0.865. The van der Waals surface area contributed by atoms with Gasteiger partial charge in [0.2, 0.25) is 0 Å². The normalized spacial score (nSPS) is 35.6. The SMILES string of the molecule is CC(NP1(=O)N(C)C2CCCCC2N1C)c1ccccc1. The topological polar surface area (TPSA) is 35.6 Å². The fourth-order valence-electron chi connectivity index (χ4n) is 3.84. The van der Waals surface area contributed by atoms with Crippen LogP contribution in [0.1, 0.15) is 44.2 Å². The molecule has 0 radical (unpaired) electrons. The van der Waals surface area contributed by atoms with Crippen molar-refractivity contribution in [2.45, 2.75) is 50.7 Å². The summed E-state index contributed by atoms with van der Waals surface area (Å²) < 4.78 is 17.8. The van der Waals surface area contributed by atoms with E-state index in [9.17, 15) is 4.57 Å². The number of hydrogen-bond donors (Lipinski definition) is 1. The summed E-state index contributed by atoms with van der Waals surface area (Å²) in [4.78, 5) is 0. The first-order chi connectivity index (χ1) is 10.0. The maximum atomic E-state index is 13.6. The largest absolute Gasteiger partial charge is 0.284 e. The van der Waals surface area contributed by atoms with Gasteiger partial charge in [-0.3, -0.25) is 4.57 Å². The molecule has 1 aliphatic carbocycles. The molecular formula is C16H26N3OP. The monoisotopic (exact) mass is 307 g/mol. The molecule has 4 nitrogen and oxygen atoms in total. The van der Waals surface area contributed by atoms with E-state index in [-0.39, 0.29) is 6.04 Å². The lowest BCUT2D eigenvalue weighted by Gasteiger charge is -2.30. The standard InChI is InChI=1S/C16H26N3OP/c1-13(14-9-5-4-6-10-14)17-21(20)18(2)15-11-7-8-12-16(15)19(21)3/h4-6,9-10,13,15-16H,7-8,11-12H2,1-3H3,(H,17,20). The van der Waals surface area contributed by atoms with Crippen LogP contribution in [0.3, 0.4) is 0 Å². The summed E-state index contributed by atoms with van der Waals surface area (Å²) in [5.74, 6) is 0. The van der Waals surface area contributed by atoms with E-state index in [0.29, 0.717) is 12.1 Å². The van der Waals surface area contributed by atoms with Gasteiger partial charge in [-0.05, 0) is 39.4 Å². The highest BCUT2D eigenvalue weighted by Gasteiger charge is 2.52. The Labute approximate surface area is 128 Å². The lowest BCUT2D eigenvalue weighted by Crippen LogP contribution is -2.37. The van der Waals surface area contributed by atoms with Gasteiger partial charge in [0.15, 0.2) is 0 Å². The summed E-state index contributed by atoms with van der Waals surface area (Å²) in [6, 6.07) is 11.2. The maximum absolute atomic E-state index is 13.6. The molecule has 1 aliphatic heterocycles. The molecule has 1 saturated carbocycles. The Hall–Kier alpha value is -0.670. The van der Waals surface area contributed by atoms with Crippen LogP contribution in [0.4, 0.5) is 0 Å². The summed E-state index contributed by atoms with van der Waals surface area (Å²) in [5, 5.41) is 3.43. The second-order valence-electron chi connectivity index (χ2n) is 6.37. The summed E-state index contributed by atoms with van der Waals surface area (Å²) in [5.41, 5.74) is 1.18. The number of hydrogen-bond acceptors (Lipinski definition) is 1. The fourth-order valence-corrected chi connectivity index (χ4v) is 6.64. The molecular weight excluding hydrogens is 281 g/mol. The molecule has 21 heavy (non-hydrogen) atoms. The van der Waals surface area contributed by atoms with Gasteiger partial charge >= 0.3 is 0 Å². The van der Waals surface area contributed by atoms with Crippen molar-refractivity contribution in [3.63, 3.8) is 0 Å². The van der Waals surface area contributed by atoms with Gasteiger partial charge in [-0.25, -0.2) is 14.4 Å². The number of nitrogens with zero attached hydrogens (tertiary/aromatic N) is 2. The second kappa shape index (κ2) is 5.85. The van der Waals surface area contributed by atoms with Crippen molar-refractivity contribution in [1.29, 1.82) is 0 Å². The highest BCUT2D eigenvalue weighted by atomic mass is 31.2. The second-order valence-corrected chi connectivity index (χ2v) is 8.98. The Balaban J connectivity index is 1.81. The van der Waals surface area contributed by atoms with Gasteiger partial charge in [0.25, 0.3) is 7.59 Å². The zero-order chi connectivity index (χ0) is 15.0.